The Morgan fingerprint density at radius 1 is 0.553 bits per heavy atom. The van der Waals surface area contributed by atoms with Crippen molar-refractivity contribution < 1.29 is 19.1 Å². The number of likely N-dealkylation sites (tertiary alicyclic amines) is 2. The molecule has 0 radical (unpaired) electrons. The normalized spacial score (nSPS) is 22.9. The average Bonchev–Trinajstić information content (AvgIpc) is 2.82. The maximum Gasteiger partial charge on any atom is 0.119 e. The largest absolute Gasteiger partial charge is 0.381 e. The Bertz CT molecular complexity index is 568. The van der Waals surface area contributed by atoms with E-state index < -0.39 is 0 Å². The second-order valence-electron chi connectivity index (χ2n) is 13.9. The quantitative estimate of drug-likeness (QED) is 0.206. The number of hydrogen-bond donors (Lipinski definition) is 0. The van der Waals surface area contributed by atoms with Crippen LogP contribution in [0.15, 0.2) is 0 Å². The van der Waals surface area contributed by atoms with E-state index in [0.29, 0.717) is 25.0 Å². The van der Waals surface area contributed by atoms with E-state index in [1.165, 1.54) is 12.8 Å². The predicted molar refractivity (Wildman–Crippen MR) is 161 cm³/mol. The molecule has 2 fully saturated rings. The molecule has 226 valence electrons. The van der Waals surface area contributed by atoms with Gasteiger partial charge in [0, 0.05) is 49.2 Å². The molecule has 0 aromatic carbocycles. The van der Waals surface area contributed by atoms with Crippen LogP contribution in [0.4, 0.5) is 0 Å². The molecule has 2 heterocycles. The van der Waals surface area contributed by atoms with Gasteiger partial charge in [-0.25, -0.2) is 0 Å². The monoisotopic (exact) mass is 540 g/mol. The summed E-state index contributed by atoms with van der Waals surface area (Å²) in [5, 5.41) is 0. The van der Waals surface area contributed by atoms with Gasteiger partial charge < -0.3 is 19.1 Å². The number of carbonyl (C=O) groups excluding carboxylic acids is 2. The van der Waals surface area contributed by atoms with Crippen LogP contribution < -0.4 is 0 Å². The minimum atomic E-state index is 0.252. The molecule has 0 N–H and O–H groups in total. The van der Waals surface area contributed by atoms with Gasteiger partial charge in [-0.1, -0.05) is 25.7 Å². The molecule has 0 aromatic rings. The van der Waals surface area contributed by atoms with Gasteiger partial charge >= 0.3 is 0 Å². The molecular formula is C32H64N2O4. The first-order chi connectivity index (χ1) is 17.5. The Morgan fingerprint density at radius 3 is 1.00 bits per heavy atom. The molecule has 0 atom stereocenters. The summed E-state index contributed by atoms with van der Waals surface area (Å²) < 4.78 is 11.0. The summed E-state index contributed by atoms with van der Waals surface area (Å²) in [6, 6.07) is 0. The molecule has 0 saturated carbocycles. The van der Waals surface area contributed by atoms with Crippen molar-refractivity contribution in [2.24, 2.45) is 0 Å². The van der Waals surface area contributed by atoms with Gasteiger partial charge in [0.1, 0.15) is 12.6 Å². The maximum atomic E-state index is 9.94. The lowest BCUT2D eigenvalue weighted by atomic mass is 9.79. The SMILES string of the molecule is COC1CC(C)(C)N(C)C(C)(C)C1.COC1CC(C)(C)N(C)C(C)(C)C1.O=CCCCCCCCCC=O. The van der Waals surface area contributed by atoms with Gasteiger partial charge in [-0.05, 0) is 108 Å². The molecule has 0 bridgehead atoms. The third kappa shape index (κ3) is 13.0. The minimum absolute atomic E-state index is 0.252. The second-order valence-corrected chi connectivity index (χ2v) is 13.9. The fourth-order valence-electron chi connectivity index (χ4n) is 6.06. The fraction of sp³-hybridized carbons (Fsp3) is 0.938. The smallest absolute Gasteiger partial charge is 0.119 e. The van der Waals surface area contributed by atoms with Crippen LogP contribution in [-0.2, 0) is 19.1 Å². The van der Waals surface area contributed by atoms with E-state index in [9.17, 15) is 9.59 Å². The standard InChI is InChI=1S/2C11H23NO.C10H18O2/c2*1-10(2)7-9(13-6)8-11(3,4)12(10)5;11-9-7-5-3-1-2-4-6-8-10-12/h2*9H,7-8H2,1-6H3;9-10H,1-8H2. The van der Waals surface area contributed by atoms with Crippen molar-refractivity contribution >= 4 is 12.6 Å². The lowest BCUT2D eigenvalue weighted by Crippen LogP contribution is -2.60. The predicted octanol–water partition coefficient (Wildman–Crippen LogP) is 7.07. The number of methoxy groups -OCH3 is 2. The van der Waals surface area contributed by atoms with Gasteiger partial charge in [0.05, 0.1) is 12.2 Å². The zero-order valence-electron chi connectivity index (χ0n) is 27.3. The van der Waals surface area contributed by atoms with Crippen molar-refractivity contribution in [1.82, 2.24) is 9.80 Å². The summed E-state index contributed by atoms with van der Waals surface area (Å²) in [5.74, 6) is 0. The number of unbranched alkanes of at least 4 members (excludes halogenated alkanes) is 7. The van der Waals surface area contributed by atoms with Crippen LogP contribution in [0.25, 0.3) is 0 Å². The summed E-state index contributed by atoms with van der Waals surface area (Å²) in [5.41, 5.74) is 1.01. The van der Waals surface area contributed by atoms with Gasteiger partial charge in [0.25, 0.3) is 0 Å². The van der Waals surface area contributed by atoms with Crippen LogP contribution >= 0.6 is 0 Å². The second kappa shape index (κ2) is 17.1. The van der Waals surface area contributed by atoms with Gasteiger partial charge in [-0.15, -0.1) is 0 Å². The third-order valence-electron chi connectivity index (χ3n) is 9.10. The Hall–Kier alpha value is -0.820. The summed E-state index contributed by atoms with van der Waals surface area (Å²) in [7, 11) is 8.07. The van der Waals surface area contributed by atoms with Gasteiger partial charge in [-0.3, -0.25) is 9.80 Å². The van der Waals surface area contributed by atoms with E-state index in [1.54, 1.807) is 0 Å². The highest BCUT2D eigenvalue weighted by molar-refractivity contribution is 5.49. The molecule has 0 unspecified atom stereocenters. The van der Waals surface area contributed by atoms with Crippen molar-refractivity contribution in [1.29, 1.82) is 0 Å². The van der Waals surface area contributed by atoms with Gasteiger partial charge in [-0.2, -0.15) is 0 Å². The van der Waals surface area contributed by atoms with Crippen LogP contribution in [0.1, 0.15) is 132 Å². The van der Waals surface area contributed by atoms with Crippen molar-refractivity contribution in [2.45, 2.75) is 167 Å². The summed E-state index contributed by atoms with van der Waals surface area (Å²) in [6.07, 6.45) is 15.5. The number of piperidine rings is 2. The molecule has 38 heavy (non-hydrogen) atoms. The molecule has 0 spiro atoms. The zero-order valence-corrected chi connectivity index (χ0v) is 27.3. The number of carbonyl (C=O) groups is 2. The van der Waals surface area contributed by atoms with Crippen LogP contribution in [-0.4, -0.2) is 85.1 Å². The molecule has 2 saturated heterocycles. The molecule has 2 aliphatic rings. The van der Waals surface area contributed by atoms with Gasteiger partial charge in [0.15, 0.2) is 0 Å². The molecule has 0 amide bonds. The zero-order chi connectivity index (χ0) is 29.6. The molecule has 0 aromatic heterocycles. The number of nitrogens with zero attached hydrogens (tertiary/aromatic N) is 2. The van der Waals surface area contributed by atoms with Crippen molar-refractivity contribution in [2.75, 3.05) is 28.3 Å². The average molecular weight is 541 g/mol. The fourth-order valence-corrected chi connectivity index (χ4v) is 6.06. The van der Waals surface area contributed by atoms with Crippen LogP contribution in [0.3, 0.4) is 0 Å². The lowest BCUT2D eigenvalue weighted by Gasteiger charge is -2.53. The molecule has 2 aliphatic heterocycles. The first-order valence-electron chi connectivity index (χ1n) is 14.9. The minimum Gasteiger partial charge on any atom is -0.381 e. The van der Waals surface area contributed by atoms with E-state index in [4.69, 9.17) is 9.47 Å². The molecule has 6 heteroatoms. The van der Waals surface area contributed by atoms with E-state index in [-0.39, 0.29) is 22.2 Å². The van der Waals surface area contributed by atoms with Gasteiger partial charge in [0.2, 0.25) is 0 Å². The Kier molecular flexibility index (Phi) is 16.7. The van der Waals surface area contributed by atoms with Crippen molar-refractivity contribution in [3.8, 4) is 0 Å². The lowest BCUT2D eigenvalue weighted by molar-refractivity contribution is -0.108. The van der Waals surface area contributed by atoms with E-state index in [1.807, 2.05) is 14.2 Å². The Morgan fingerprint density at radius 2 is 0.789 bits per heavy atom. The number of aldehydes is 2. The summed E-state index contributed by atoms with van der Waals surface area (Å²) in [4.78, 5) is 24.8. The highest BCUT2D eigenvalue weighted by Gasteiger charge is 2.44. The Balaban J connectivity index is 0.000000541. The number of rotatable bonds is 11. The topological polar surface area (TPSA) is 59.1 Å². The first kappa shape index (κ1) is 37.2. The third-order valence-corrected chi connectivity index (χ3v) is 9.10. The van der Waals surface area contributed by atoms with E-state index >= 15 is 0 Å². The summed E-state index contributed by atoms with van der Waals surface area (Å²) in [6.45, 7) is 18.3. The highest BCUT2D eigenvalue weighted by atomic mass is 16.5. The number of hydrogen-bond acceptors (Lipinski definition) is 6. The van der Waals surface area contributed by atoms with Crippen LogP contribution in [0, 0.1) is 0 Å². The van der Waals surface area contributed by atoms with Crippen molar-refractivity contribution in [3.05, 3.63) is 0 Å². The van der Waals surface area contributed by atoms with E-state index in [0.717, 1.165) is 63.9 Å². The molecule has 2 rings (SSSR count). The first-order valence-corrected chi connectivity index (χ1v) is 14.9. The summed E-state index contributed by atoms with van der Waals surface area (Å²) >= 11 is 0. The number of ether oxygens (including phenoxy) is 2. The Labute approximate surface area is 236 Å². The van der Waals surface area contributed by atoms with Crippen molar-refractivity contribution in [3.63, 3.8) is 0 Å². The highest BCUT2D eigenvalue weighted by Crippen LogP contribution is 2.38. The van der Waals surface area contributed by atoms with Crippen LogP contribution in [0.5, 0.6) is 0 Å². The van der Waals surface area contributed by atoms with E-state index in [2.05, 4.69) is 79.3 Å². The van der Waals surface area contributed by atoms with Crippen LogP contribution in [0.2, 0.25) is 0 Å². The molecule has 6 nitrogen and oxygen atoms in total. The maximum absolute atomic E-state index is 9.94. The molecule has 0 aliphatic carbocycles. The molecular weight excluding hydrogens is 476 g/mol.